The van der Waals surface area contributed by atoms with Crippen molar-refractivity contribution in [3.63, 3.8) is 0 Å². The predicted molar refractivity (Wildman–Crippen MR) is 71.3 cm³/mol. The van der Waals surface area contributed by atoms with Crippen LogP contribution in [0.25, 0.3) is 10.8 Å². The molecule has 0 aliphatic carbocycles. The Morgan fingerprint density at radius 2 is 1.56 bits per heavy atom. The number of aryl methyl sites for hydroxylation is 2. The smallest absolute Gasteiger partial charge is 0.176 e. The molecule has 0 spiro atoms. The zero-order valence-corrected chi connectivity index (χ0v) is 11.0. The van der Waals surface area contributed by atoms with Crippen molar-refractivity contribution in [3.05, 3.63) is 42.2 Å². The molecule has 1 aromatic heterocycles. The molecule has 88 valence electrons. The summed E-state index contributed by atoms with van der Waals surface area (Å²) in [7, 11) is 3.56. The number of nitrogens with two attached hydrogens (primary N) is 1. The summed E-state index contributed by atoms with van der Waals surface area (Å²) in [5, 5.41) is 2.65. The van der Waals surface area contributed by atoms with Crippen molar-refractivity contribution in [2.75, 3.05) is 7.05 Å². The number of fused-ring (bicyclic) bond motifs is 1. The van der Waals surface area contributed by atoms with Crippen LogP contribution in [0.5, 0.6) is 0 Å². The highest BCUT2D eigenvalue weighted by Gasteiger charge is 2.01. The van der Waals surface area contributed by atoms with Crippen molar-refractivity contribution in [2.45, 2.75) is 20.8 Å². The fraction of sp³-hybridized carbons (Fsp3) is 0.357. The number of pyridine rings is 1. The van der Waals surface area contributed by atoms with Gasteiger partial charge in [-0.25, -0.2) is 4.57 Å². The molecule has 0 unspecified atom stereocenters. The molecule has 16 heavy (non-hydrogen) atoms. The minimum Gasteiger partial charge on any atom is -0.333 e. The van der Waals surface area contributed by atoms with Crippen LogP contribution < -0.4 is 10.3 Å². The monoisotopic (exact) mass is 219 g/mol. The number of hydrogen-bond donors (Lipinski definition) is 1. The molecule has 2 nitrogen and oxygen atoms in total. The van der Waals surface area contributed by atoms with Gasteiger partial charge in [0.2, 0.25) is 0 Å². The van der Waals surface area contributed by atoms with Crippen molar-refractivity contribution < 1.29 is 4.57 Å². The number of nitrogens with zero attached hydrogens (tertiary/aromatic N) is 1. The maximum Gasteiger partial charge on any atom is 0.176 e. The van der Waals surface area contributed by atoms with E-state index in [0.717, 1.165) is 0 Å². The van der Waals surface area contributed by atoms with E-state index in [1.807, 2.05) is 13.8 Å². The van der Waals surface area contributed by atoms with Gasteiger partial charge in [-0.3, -0.25) is 0 Å². The lowest BCUT2D eigenvalue weighted by Gasteiger charge is -1.98. The molecule has 2 N–H and O–H groups in total. The Morgan fingerprint density at radius 1 is 1.00 bits per heavy atom. The van der Waals surface area contributed by atoms with Crippen LogP contribution in [0.4, 0.5) is 0 Å². The van der Waals surface area contributed by atoms with Crippen LogP contribution in [0.1, 0.15) is 19.4 Å². The van der Waals surface area contributed by atoms with Crippen molar-refractivity contribution in [2.24, 2.45) is 12.8 Å². The molecule has 0 fully saturated rings. The highest BCUT2D eigenvalue weighted by molar-refractivity contribution is 5.83. The van der Waals surface area contributed by atoms with E-state index < -0.39 is 0 Å². The standard InChI is InChI=1S/C11H12N.C2H6.CH5N/c1-9-7-12(2)8-10-5-3-4-6-11(9)10;2*1-2/h3-8H,1-2H3;1-2H3;2H2,1H3/q+1;;. The quantitative estimate of drug-likeness (QED) is 0.678. The molecule has 0 atom stereocenters. The fourth-order valence-electron chi connectivity index (χ4n) is 1.60. The summed E-state index contributed by atoms with van der Waals surface area (Å²) in [6, 6.07) is 8.45. The van der Waals surface area contributed by atoms with Crippen molar-refractivity contribution >= 4 is 10.8 Å². The molecule has 0 amide bonds. The summed E-state index contributed by atoms with van der Waals surface area (Å²) in [5.74, 6) is 0. The van der Waals surface area contributed by atoms with Crippen molar-refractivity contribution in [1.29, 1.82) is 0 Å². The number of hydrogen-bond acceptors (Lipinski definition) is 1. The first-order valence-electron chi connectivity index (χ1n) is 5.70. The van der Waals surface area contributed by atoms with Gasteiger partial charge in [-0.1, -0.05) is 32.0 Å². The first kappa shape index (κ1) is 14.6. The summed E-state index contributed by atoms with van der Waals surface area (Å²) in [6.45, 7) is 6.14. The van der Waals surface area contributed by atoms with Gasteiger partial charge in [-0.05, 0) is 25.4 Å². The van der Waals surface area contributed by atoms with Gasteiger partial charge in [0, 0.05) is 10.9 Å². The second kappa shape index (κ2) is 7.83. The highest BCUT2D eigenvalue weighted by Crippen LogP contribution is 2.14. The lowest BCUT2D eigenvalue weighted by molar-refractivity contribution is -0.670. The largest absolute Gasteiger partial charge is 0.333 e. The maximum atomic E-state index is 4.50. The first-order chi connectivity index (χ1) is 7.77. The van der Waals surface area contributed by atoms with Crippen LogP contribution in [0.2, 0.25) is 0 Å². The average Bonchev–Trinajstić information content (AvgIpc) is 2.34. The third kappa shape index (κ3) is 3.63. The summed E-state index contributed by atoms with van der Waals surface area (Å²) in [5.41, 5.74) is 5.83. The molecule has 1 aromatic carbocycles. The minimum absolute atomic E-state index is 1.31. The van der Waals surface area contributed by atoms with E-state index in [0.29, 0.717) is 0 Å². The minimum atomic E-state index is 1.31. The van der Waals surface area contributed by atoms with E-state index in [2.05, 4.69) is 60.9 Å². The second-order valence-corrected chi connectivity index (χ2v) is 3.19. The molecule has 2 aromatic rings. The molecule has 1 heterocycles. The van der Waals surface area contributed by atoms with E-state index in [1.54, 1.807) is 0 Å². The van der Waals surface area contributed by atoms with E-state index in [-0.39, 0.29) is 0 Å². The second-order valence-electron chi connectivity index (χ2n) is 3.19. The zero-order chi connectivity index (χ0) is 12.6. The molecule has 0 aliphatic heterocycles. The molecule has 0 bridgehead atoms. The topological polar surface area (TPSA) is 29.9 Å². The van der Waals surface area contributed by atoms with Gasteiger partial charge in [-0.15, -0.1) is 0 Å². The Labute approximate surface area is 98.7 Å². The summed E-state index contributed by atoms with van der Waals surface area (Å²) < 4.78 is 2.09. The summed E-state index contributed by atoms with van der Waals surface area (Å²) in [6.07, 6.45) is 4.28. The first-order valence-corrected chi connectivity index (χ1v) is 5.70. The van der Waals surface area contributed by atoms with Gasteiger partial charge in [0.25, 0.3) is 0 Å². The van der Waals surface area contributed by atoms with E-state index in [1.165, 1.54) is 23.4 Å². The van der Waals surface area contributed by atoms with Crippen LogP contribution in [-0.2, 0) is 7.05 Å². The number of benzene rings is 1. The van der Waals surface area contributed by atoms with Crippen LogP contribution in [0.3, 0.4) is 0 Å². The SMILES string of the molecule is CC.CN.Cc1c[n+](C)cc2ccccc12. The van der Waals surface area contributed by atoms with Crippen LogP contribution in [0, 0.1) is 6.92 Å². The van der Waals surface area contributed by atoms with E-state index >= 15 is 0 Å². The lowest BCUT2D eigenvalue weighted by atomic mass is 10.1. The summed E-state index contributed by atoms with van der Waals surface area (Å²) in [4.78, 5) is 0. The molecule has 2 rings (SSSR count). The van der Waals surface area contributed by atoms with E-state index in [9.17, 15) is 0 Å². The Hall–Kier alpha value is -1.41. The average molecular weight is 219 g/mol. The normalized spacial score (nSPS) is 8.62. The lowest BCUT2D eigenvalue weighted by Crippen LogP contribution is -2.26. The Morgan fingerprint density at radius 3 is 2.19 bits per heavy atom. The van der Waals surface area contributed by atoms with Gasteiger partial charge in [0.1, 0.15) is 7.05 Å². The van der Waals surface area contributed by atoms with Crippen LogP contribution >= 0.6 is 0 Å². The third-order valence-electron chi connectivity index (χ3n) is 2.13. The Bertz CT molecular complexity index is 422. The summed E-state index contributed by atoms with van der Waals surface area (Å²) >= 11 is 0. The van der Waals surface area contributed by atoms with Gasteiger partial charge in [-0.2, -0.15) is 0 Å². The van der Waals surface area contributed by atoms with E-state index in [4.69, 9.17) is 0 Å². The highest BCUT2D eigenvalue weighted by atomic mass is 14.9. The molecule has 0 radical (unpaired) electrons. The molecular formula is C14H23N2+. The maximum absolute atomic E-state index is 4.50. The molecular weight excluding hydrogens is 196 g/mol. The molecule has 0 saturated carbocycles. The zero-order valence-electron chi connectivity index (χ0n) is 11.0. The number of rotatable bonds is 0. The Kier molecular flexibility index (Phi) is 7.14. The van der Waals surface area contributed by atoms with Gasteiger partial charge in [0.15, 0.2) is 12.4 Å². The fourth-order valence-corrected chi connectivity index (χ4v) is 1.60. The van der Waals surface area contributed by atoms with Crippen molar-refractivity contribution in [3.8, 4) is 0 Å². The third-order valence-corrected chi connectivity index (χ3v) is 2.13. The van der Waals surface area contributed by atoms with Gasteiger partial charge < -0.3 is 5.73 Å². The van der Waals surface area contributed by atoms with Crippen LogP contribution in [0.15, 0.2) is 36.7 Å². The van der Waals surface area contributed by atoms with Gasteiger partial charge in [0.05, 0.1) is 0 Å². The number of aromatic nitrogens is 1. The molecule has 2 heteroatoms. The van der Waals surface area contributed by atoms with Gasteiger partial charge >= 0.3 is 0 Å². The Balaban J connectivity index is 0.000000509. The molecule has 0 saturated heterocycles. The van der Waals surface area contributed by atoms with Crippen molar-refractivity contribution in [1.82, 2.24) is 0 Å². The molecule has 0 aliphatic rings. The van der Waals surface area contributed by atoms with Crippen LogP contribution in [-0.4, -0.2) is 7.05 Å². The predicted octanol–water partition coefficient (Wildman–Crippen LogP) is 2.57.